The largest absolute Gasteiger partial charge is 0.406 e. The summed E-state index contributed by atoms with van der Waals surface area (Å²) in [6.45, 7) is 1.56. The number of nitrogens with zero attached hydrogens (tertiary/aromatic N) is 5. The molecule has 2 amide bonds. The highest BCUT2D eigenvalue weighted by molar-refractivity contribution is 5.76. The summed E-state index contributed by atoms with van der Waals surface area (Å²) in [5, 5.41) is 0. The maximum Gasteiger partial charge on any atom is 0.406 e. The Bertz CT molecular complexity index is 1010. The Morgan fingerprint density at radius 1 is 1.32 bits per heavy atom. The molecule has 1 saturated heterocycles. The number of imidazole rings is 1. The molecule has 4 heterocycles. The number of amides is 2. The maximum absolute atomic E-state index is 12.7. The van der Waals surface area contributed by atoms with E-state index in [1.807, 2.05) is 17.4 Å². The molecular weight excluding hydrogens is 373 g/mol. The number of urea groups is 1. The SMILES string of the molecule is CC[C@@H]1CN(C(=O)N(C)CC(F)(F)F)C[C@@H]1c1cnc2cnc3[nH]ccc3n12. The van der Waals surface area contributed by atoms with Crippen LogP contribution in [0.1, 0.15) is 25.0 Å². The molecule has 0 unspecified atom stereocenters. The number of carbonyl (C=O) groups is 1. The molecule has 1 fully saturated rings. The standard InChI is InChI=1S/C18H21F3N6O/c1-3-11-8-26(17(28)25(2)10-18(19,20)21)9-12(11)14-6-23-15-7-24-16-13(27(14)15)4-5-22-16/h4-7,11-12,22H,3,8-10H2,1-2H3/t11-,12+/m1/s1. The lowest BCUT2D eigenvalue weighted by molar-refractivity contribution is -0.138. The Kier molecular flexibility index (Phi) is 4.43. The molecule has 0 bridgehead atoms. The van der Waals surface area contributed by atoms with Crippen molar-refractivity contribution in [1.29, 1.82) is 0 Å². The van der Waals surface area contributed by atoms with E-state index in [9.17, 15) is 18.0 Å². The predicted octanol–water partition coefficient (Wildman–Crippen LogP) is 3.25. The molecular formula is C18H21F3N6O. The lowest BCUT2D eigenvalue weighted by Crippen LogP contribution is -2.44. The molecule has 2 atom stereocenters. The molecule has 3 aromatic heterocycles. The van der Waals surface area contributed by atoms with Gasteiger partial charge in [0.05, 0.1) is 11.7 Å². The van der Waals surface area contributed by atoms with Crippen molar-refractivity contribution in [1.82, 2.24) is 29.2 Å². The number of alkyl halides is 3. The molecule has 3 aromatic rings. The number of aromatic amines is 1. The molecule has 0 radical (unpaired) electrons. The van der Waals surface area contributed by atoms with Crippen LogP contribution in [-0.4, -0.2) is 68.0 Å². The third-order valence-electron chi connectivity index (χ3n) is 5.43. The molecule has 28 heavy (non-hydrogen) atoms. The first-order valence-corrected chi connectivity index (χ1v) is 9.14. The summed E-state index contributed by atoms with van der Waals surface area (Å²) >= 11 is 0. The van der Waals surface area contributed by atoms with Crippen molar-refractivity contribution in [3.63, 3.8) is 0 Å². The van der Waals surface area contributed by atoms with Crippen LogP contribution in [0.25, 0.3) is 16.8 Å². The van der Waals surface area contributed by atoms with Crippen molar-refractivity contribution in [3.8, 4) is 0 Å². The number of fused-ring (bicyclic) bond motifs is 3. The summed E-state index contributed by atoms with van der Waals surface area (Å²) in [5.74, 6) is 0.133. The molecule has 1 aliphatic rings. The van der Waals surface area contributed by atoms with Gasteiger partial charge in [-0.05, 0) is 12.0 Å². The minimum Gasteiger partial charge on any atom is -0.345 e. The van der Waals surface area contributed by atoms with E-state index in [2.05, 4.69) is 15.0 Å². The van der Waals surface area contributed by atoms with E-state index >= 15 is 0 Å². The first-order chi connectivity index (χ1) is 13.3. The number of nitrogens with one attached hydrogen (secondary N) is 1. The fraction of sp³-hybridized carbons (Fsp3) is 0.500. The van der Waals surface area contributed by atoms with Crippen molar-refractivity contribution < 1.29 is 18.0 Å². The van der Waals surface area contributed by atoms with E-state index < -0.39 is 18.8 Å². The summed E-state index contributed by atoms with van der Waals surface area (Å²) in [7, 11) is 1.19. The van der Waals surface area contributed by atoms with E-state index in [0.717, 1.165) is 28.2 Å². The fourth-order valence-electron chi connectivity index (χ4n) is 4.11. The van der Waals surface area contributed by atoms with Crippen LogP contribution in [0.15, 0.2) is 24.7 Å². The molecule has 10 heteroatoms. The van der Waals surface area contributed by atoms with Crippen molar-refractivity contribution in [2.24, 2.45) is 5.92 Å². The van der Waals surface area contributed by atoms with Crippen molar-refractivity contribution in [2.45, 2.75) is 25.4 Å². The Morgan fingerprint density at radius 2 is 2.11 bits per heavy atom. The highest BCUT2D eigenvalue weighted by Gasteiger charge is 2.40. The van der Waals surface area contributed by atoms with Gasteiger partial charge < -0.3 is 14.8 Å². The van der Waals surface area contributed by atoms with Gasteiger partial charge in [-0.2, -0.15) is 13.2 Å². The molecule has 0 aliphatic carbocycles. The van der Waals surface area contributed by atoms with Gasteiger partial charge in [0.2, 0.25) is 0 Å². The van der Waals surface area contributed by atoms with Crippen molar-refractivity contribution in [3.05, 3.63) is 30.4 Å². The van der Waals surface area contributed by atoms with Crippen molar-refractivity contribution >= 4 is 22.8 Å². The van der Waals surface area contributed by atoms with Gasteiger partial charge in [0, 0.05) is 44.1 Å². The number of carbonyl (C=O) groups excluding carboxylic acids is 1. The zero-order valence-electron chi connectivity index (χ0n) is 15.6. The van der Waals surface area contributed by atoms with Gasteiger partial charge in [0.25, 0.3) is 0 Å². The summed E-state index contributed by atoms with van der Waals surface area (Å²) < 4.78 is 40.0. The number of hydrogen-bond acceptors (Lipinski definition) is 3. The molecule has 4 rings (SSSR count). The summed E-state index contributed by atoms with van der Waals surface area (Å²) in [5.41, 5.74) is 3.27. The third kappa shape index (κ3) is 3.16. The van der Waals surface area contributed by atoms with Crippen LogP contribution in [0.3, 0.4) is 0 Å². The predicted molar refractivity (Wildman–Crippen MR) is 97.0 cm³/mol. The van der Waals surface area contributed by atoms with Gasteiger partial charge >= 0.3 is 12.2 Å². The number of halogens is 3. The molecule has 0 spiro atoms. The molecule has 0 saturated carbocycles. The van der Waals surface area contributed by atoms with Gasteiger partial charge in [0.1, 0.15) is 6.54 Å². The molecule has 1 N–H and O–H groups in total. The Labute approximate surface area is 159 Å². The quantitative estimate of drug-likeness (QED) is 0.741. The lowest BCUT2D eigenvalue weighted by Gasteiger charge is -2.25. The zero-order chi connectivity index (χ0) is 20.1. The van der Waals surface area contributed by atoms with Gasteiger partial charge in [0.15, 0.2) is 11.3 Å². The zero-order valence-corrected chi connectivity index (χ0v) is 15.6. The third-order valence-corrected chi connectivity index (χ3v) is 5.43. The number of likely N-dealkylation sites (tertiary alicyclic amines) is 1. The van der Waals surface area contributed by atoms with Crippen LogP contribution < -0.4 is 0 Å². The van der Waals surface area contributed by atoms with Crippen LogP contribution in [0.4, 0.5) is 18.0 Å². The molecule has 150 valence electrons. The summed E-state index contributed by atoms with van der Waals surface area (Å²) in [6, 6.07) is 1.32. The Morgan fingerprint density at radius 3 is 2.82 bits per heavy atom. The smallest absolute Gasteiger partial charge is 0.345 e. The van der Waals surface area contributed by atoms with Crippen LogP contribution >= 0.6 is 0 Å². The second-order valence-electron chi connectivity index (χ2n) is 7.28. The van der Waals surface area contributed by atoms with Crippen LogP contribution in [0.2, 0.25) is 0 Å². The minimum absolute atomic E-state index is 0.0104. The molecule has 1 aliphatic heterocycles. The normalized spacial score (nSPS) is 20.4. The van der Waals surface area contributed by atoms with Crippen LogP contribution in [0, 0.1) is 5.92 Å². The topological polar surface area (TPSA) is 69.5 Å². The van der Waals surface area contributed by atoms with Gasteiger partial charge in [-0.15, -0.1) is 0 Å². The van der Waals surface area contributed by atoms with Crippen LogP contribution in [0.5, 0.6) is 0 Å². The van der Waals surface area contributed by atoms with E-state index in [1.54, 1.807) is 18.6 Å². The Balaban J connectivity index is 1.64. The lowest BCUT2D eigenvalue weighted by atomic mass is 9.91. The minimum atomic E-state index is -4.41. The maximum atomic E-state index is 12.7. The number of rotatable bonds is 3. The Hall–Kier alpha value is -2.78. The van der Waals surface area contributed by atoms with Crippen LogP contribution in [-0.2, 0) is 0 Å². The average molecular weight is 394 g/mol. The number of hydrogen-bond donors (Lipinski definition) is 1. The summed E-state index contributed by atoms with van der Waals surface area (Å²) in [4.78, 5) is 26.6. The number of aromatic nitrogens is 4. The second-order valence-corrected chi connectivity index (χ2v) is 7.28. The van der Waals surface area contributed by atoms with E-state index in [4.69, 9.17) is 0 Å². The average Bonchev–Trinajstić information content (AvgIpc) is 3.34. The molecule has 7 nitrogen and oxygen atoms in total. The summed E-state index contributed by atoms with van der Waals surface area (Å²) in [6.07, 6.45) is 1.66. The van der Waals surface area contributed by atoms with Gasteiger partial charge in [-0.25, -0.2) is 14.8 Å². The highest BCUT2D eigenvalue weighted by Crippen LogP contribution is 2.36. The van der Waals surface area contributed by atoms with Crippen molar-refractivity contribution in [2.75, 3.05) is 26.7 Å². The van der Waals surface area contributed by atoms with Gasteiger partial charge in [-0.1, -0.05) is 13.3 Å². The van der Waals surface area contributed by atoms with Gasteiger partial charge in [-0.3, -0.25) is 4.40 Å². The fourth-order valence-corrected chi connectivity index (χ4v) is 4.11. The highest BCUT2D eigenvalue weighted by atomic mass is 19.4. The van der Waals surface area contributed by atoms with E-state index in [1.165, 1.54) is 11.9 Å². The first kappa shape index (κ1) is 18.6. The van der Waals surface area contributed by atoms with E-state index in [-0.39, 0.29) is 11.8 Å². The van der Waals surface area contributed by atoms with E-state index in [0.29, 0.717) is 18.7 Å². The monoisotopic (exact) mass is 394 g/mol. The second kappa shape index (κ2) is 6.68. The molecule has 0 aromatic carbocycles. The number of H-pyrrole nitrogens is 1. The first-order valence-electron chi connectivity index (χ1n) is 9.14.